The van der Waals surface area contributed by atoms with Crippen LogP contribution in [0.5, 0.6) is 0 Å². The Hall–Kier alpha value is -3.31. The second kappa shape index (κ2) is 7.02. The van der Waals surface area contributed by atoms with Crippen molar-refractivity contribution in [3.63, 3.8) is 0 Å². The van der Waals surface area contributed by atoms with Crippen LogP contribution in [-0.4, -0.2) is 23.1 Å². The lowest BCUT2D eigenvalue weighted by molar-refractivity contribution is 0.102. The Morgan fingerprint density at radius 3 is 2.54 bits per heavy atom. The molecule has 1 aromatic heterocycles. The number of aromatic nitrogens is 1. The van der Waals surface area contributed by atoms with E-state index >= 15 is 0 Å². The van der Waals surface area contributed by atoms with Crippen molar-refractivity contribution in [2.24, 2.45) is 0 Å². The van der Waals surface area contributed by atoms with Gasteiger partial charge in [-0.1, -0.05) is 48.0 Å². The van der Waals surface area contributed by atoms with E-state index in [9.17, 15) is 9.59 Å². The first-order valence-electron chi connectivity index (χ1n) is 8.81. The monoisotopic (exact) mass is 392 g/mol. The van der Waals surface area contributed by atoms with Gasteiger partial charge >= 0.3 is 6.09 Å². The summed E-state index contributed by atoms with van der Waals surface area (Å²) in [6.07, 6.45) is -0.671. The number of halogens is 1. The van der Waals surface area contributed by atoms with Gasteiger partial charge in [0.25, 0.3) is 0 Å². The fourth-order valence-electron chi connectivity index (χ4n) is 3.35. The molecule has 0 spiro atoms. The van der Waals surface area contributed by atoms with E-state index < -0.39 is 6.09 Å². The van der Waals surface area contributed by atoms with Crippen LogP contribution in [0.3, 0.4) is 0 Å². The van der Waals surface area contributed by atoms with E-state index in [0.717, 1.165) is 10.8 Å². The van der Waals surface area contributed by atoms with E-state index in [0.29, 0.717) is 21.5 Å². The Kier molecular flexibility index (Phi) is 4.53. The molecule has 0 saturated carbocycles. The molecule has 4 rings (SSSR count). The van der Waals surface area contributed by atoms with E-state index in [2.05, 4.69) is 0 Å². The maximum absolute atomic E-state index is 13.4. The number of benzene rings is 3. The third kappa shape index (κ3) is 2.90. The maximum Gasteiger partial charge on any atom is 0.419 e. The molecule has 0 amide bonds. The molecule has 0 aliphatic carbocycles. The average Bonchev–Trinajstić information content (AvgIpc) is 2.99. The summed E-state index contributed by atoms with van der Waals surface area (Å²) in [4.78, 5) is 26.0. The molecule has 5 nitrogen and oxygen atoms in total. The summed E-state index contributed by atoms with van der Waals surface area (Å²) >= 11 is 6.10. The van der Waals surface area contributed by atoms with E-state index in [-0.39, 0.29) is 23.8 Å². The zero-order valence-electron chi connectivity index (χ0n) is 15.1. The summed E-state index contributed by atoms with van der Waals surface area (Å²) in [5.74, 6) is -0.358. The van der Waals surface area contributed by atoms with Crippen molar-refractivity contribution in [3.8, 4) is 0 Å². The van der Waals surface area contributed by atoms with E-state index in [1.807, 2.05) is 30.3 Å². The van der Waals surface area contributed by atoms with Crippen molar-refractivity contribution in [3.05, 3.63) is 76.9 Å². The topological polar surface area (TPSA) is 74.3 Å². The van der Waals surface area contributed by atoms with E-state index in [1.165, 1.54) is 4.57 Å². The molecule has 140 valence electrons. The second-order valence-electron chi connectivity index (χ2n) is 6.35. The van der Waals surface area contributed by atoms with Gasteiger partial charge in [-0.25, -0.2) is 9.36 Å². The fraction of sp³-hybridized carbons (Fsp3) is 0.0909. The average molecular weight is 393 g/mol. The van der Waals surface area contributed by atoms with Crippen LogP contribution in [0.2, 0.25) is 5.02 Å². The van der Waals surface area contributed by atoms with Gasteiger partial charge in [0.1, 0.15) is 5.69 Å². The van der Waals surface area contributed by atoms with Gasteiger partial charge in [0.15, 0.2) is 0 Å². The molecule has 0 aliphatic heterocycles. The standard InChI is InChI=1S/C22H17ClN2O3/c1-2-28-22(27)25-18-12-16(23)9-10-17(18)19(24)20(25)21(26)15-8-7-13-5-3-4-6-14(13)11-15/h3-12H,2,24H2,1H3. The number of rotatable bonds is 3. The normalized spacial score (nSPS) is 11.1. The highest BCUT2D eigenvalue weighted by molar-refractivity contribution is 6.31. The SMILES string of the molecule is CCOC(=O)n1c(C(=O)c2ccc3ccccc3c2)c(N)c2ccc(Cl)cc21. The van der Waals surface area contributed by atoms with Crippen molar-refractivity contribution in [2.75, 3.05) is 12.3 Å². The Bertz CT molecular complexity index is 1240. The Labute approximate surface area is 166 Å². The van der Waals surface area contributed by atoms with Crippen molar-refractivity contribution >= 4 is 50.8 Å². The molecule has 0 aliphatic rings. The van der Waals surface area contributed by atoms with Crippen molar-refractivity contribution in [1.29, 1.82) is 0 Å². The number of carbonyl (C=O) groups is 2. The van der Waals surface area contributed by atoms with E-state index in [4.69, 9.17) is 22.1 Å². The number of hydrogen-bond donors (Lipinski definition) is 1. The van der Waals surface area contributed by atoms with Crippen LogP contribution in [0.1, 0.15) is 23.0 Å². The van der Waals surface area contributed by atoms with Crippen LogP contribution in [0.25, 0.3) is 21.7 Å². The number of carbonyl (C=O) groups excluding carboxylic acids is 2. The number of fused-ring (bicyclic) bond motifs is 2. The van der Waals surface area contributed by atoms with Crippen molar-refractivity contribution in [2.45, 2.75) is 6.92 Å². The van der Waals surface area contributed by atoms with Crippen LogP contribution in [-0.2, 0) is 4.74 Å². The molecule has 2 N–H and O–H groups in total. The minimum absolute atomic E-state index is 0.0750. The molecule has 0 atom stereocenters. The number of nitrogen functional groups attached to an aromatic ring is 1. The molecule has 0 saturated heterocycles. The second-order valence-corrected chi connectivity index (χ2v) is 6.79. The van der Waals surface area contributed by atoms with Gasteiger partial charge in [0.05, 0.1) is 17.8 Å². The molecule has 4 aromatic rings. The summed E-state index contributed by atoms with van der Waals surface area (Å²) in [6, 6.07) is 18.1. The Balaban J connectivity index is 1.95. The van der Waals surface area contributed by atoms with Gasteiger partial charge in [-0.3, -0.25) is 4.79 Å². The molecule has 28 heavy (non-hydrogen) atoms. The van der Waals surface area contributed by atoms with Gasteiger partial charge in [-0.05, 0) is 42.0 Å². The molecule has 0 unspecified atom stereocenters. The number of anilines is 1. The minimum atomic E-state index is -0.671. The summed E-state index contributed by atoms with van der Waals surface area (Å²) in [5.41, 5.74) is 7.45. The van der Waals surface area contributed by atoms with Crippen LogP contribution in [0.15, 0.2) is 60.7 Å². The largest absolute Gasteiger partial charge is 0.449 e. The lowest BCUT2D eigenvalue weighted by Gasteiger charge is -2.10. The van der Waals surface area contributed by atoms with Crippen LogP contribution >= 0.6 is 11.6 Å². The predicted molar refractivity (Wildman–Crippen MR) is 111 cm³/mol. The molecule has 3 aromatic carbocycles. The number of ketones is 1. The fourth-order valence-corrected chi connectivity index (χ4v) is 3.52. The van der Waals surface area contributed by atoms with Crippen LogP contribution in [0, 0.1) is 0 Å². The number of ether oxygens (including phenoxy) is 1. The number of hydrogen-bond acceptors (Lipinski definition) is 4. The van der Waals surface area contributed by atoms with Crippen LogP contribution in [0.4, 0.5) is 10.5 Å². The lowest BCUT2D eigenvalue weighted by Crippen LogP contribution is -2.20. The predicted octanol–water partition coefficient (Wildman–Crippen LogP) is 5.27. The maximum atomic E-state index is 13.4. The summed E-state index contributed by atoms with van der Waals surface area (Å²) in [6.45, 7) is 1.87. The molecule has 0 fully saturated rings. The lowest BCUT2D eigenvalue weighted by atomic mass is 10.0. The van der Waals surface area contributed by atoms with Gasteiger partial charge < -0.3 is 10.5 Å². The third-order valence-corrected chi connectivity index (χ3v) is 4.88. The Morgan fingerprint density at radius 2 is 1.79 bits per heavy atom. The third-order valence-electron chi connectivity index (χ3n) is 4.65. The van der Waals surface area contributed by atoms with Crippen LogP contribution < -0.4 is 5.73 Å². The molecule has 0 radical (unpaired) electrons. The van der Waals surface area contributed by atoms with Gasteiger partial charge in [-0.2, -0.15) is 0 Å². The first-order valence-corrected chi connectivity index (χ1v) is 9.19. The highest BCUT2D eigenvalue weighted by Gasteiger charge is 2.26. The summed E-state index contributed by atoms with van der Waals surface area (Å²) < 4.78 is 6.37. The van der Waals surface area contributed by atoms with Gasteiger partial charge in [0, 0.05) is 16.0 Å². The van der Waals surface area contributed by atoms with Gasteiger partial charge in [0.2, 0.25) is 5.78 Å². The molecule has 6 heteroatoms. The minimum Gasteiger partial charge on any atom is -0.449 e. The molecular formula is C22H17ClN2O3. The molecule has 0 bridgehead atoms. The summed E-state index contributed by atoms with van der Waals surface area (Å²) in [7, 11) is 0. The highest BCUT2D eigenvalue weighted by Crippen LogP contribution is 2.33. The summed E-state index contributed by atoms with van der Waals surface area (Å²) in [5, 5.41) is 2.94. The number of nitrogens with two attached hydrogens (primary N) is 1. The Morgan fingerprint density at radius 1 is 1.04 bits per heavy atom. The van der Waals surface area contributed by atoms with Crippen molar-refractivity contribution in [1.82, 2.24) is 4.57 Å². The first kappa shape index (κ1) is 18.1. The molecule has 1 heterocycles. The number of nitrogens with zero attached hydrogens (tertiary/aromatic N) is 1. The van der Waals surface area contributed by atoms with Gasteiger partial charge in [-0.15, -0.1) is 0 Å². The highest BCUT2D eigenvalue weighted by atomic mass is 35.5. The first-order chi connectivity index (χ1) is 13.5. The molecular weight excluding hydrogens is 376 g/mol. The zero-order valence-corrected chi connectivity index (χ0v) is 15.9. The quantitative estimate of drug-likeness (QED) is 0.482. The van der Waals surface area contributed by atoms with E-state index in [1.54, 1.807) is 37.3 Å². The zero-order chi connectivity index (χ0) is 19.8. The van der Waals surface area contributed by atoms with Crippen molar-refractivity contribution < 1.29 is 14.3 Å². The smallest absolute Gasteiger partial charge is 0.419 e.